The molecule has 0 bridgehead atoms. The van der Waals surface area contributed by atoms with E-state index in [1.807, 2.05) is 18.3 Å². The summed E-state index contributed by atoms with van der Waals surface area (Å²) >= 11 is 0. The van der Waals surface area contributed by atoms with Gasteiger partial charge in [-0.15, -0.1) is 0 Å². The maximum absolute atomic E-state index is 5.18. The highest BCUT2D eigenvalue weighted by Gasteiger charge is 2.20. The number of piperidine rings is 1. The molecule has 0 aromatic carbocycles. The highest BCUT2D eigenvalue weighted by molar-refractivity contribution is 5.38. The minimum Gasteiger partial charge on any atom is -0.357 e. The zero-order chi connectivity index (χ0) is 13.5. The first kappa shape index (κ1) is 14.2. The van der Waals surface area contributed by atoms with Gasteiger partial charge >= 0.3 is 0 Å². The number of anilines is 1. The molecule has 5 nitrogen and oxygen atoms in total. The molecule has 2 heterocycles. The van der Waals surface area contributed by atoms with Crippen molar-refractivity contribution in [3.8, 4) is 0 Å². The smallest absolute Gasteiger partial charge is 0.169 e. The highest BCUT2D eigenvalue weighted by Crippen LogP contribution is 2.17. The summed E-state index contributed by atoms with van der Waals surface area (Å²) in [7, 11) is 3.33. The van der Waals surface area contributed by atoms with Gasteiger partial charge in [0.15, 0.2) is 6.29 Å². The van der Waals surface area contributed by atoms with Gasteiger partial charge in [0, 0.05) is 46.1 Å². The Bertz CT molecular complexity index is 349. The van der Waals surface area contributed by atoms with Crippen molar-refractivity contribution < 1.29 is 9.47 Å². The maximum Gasteiger partial charge on any atom is 0.169 e. The minimum atomic E-state index is -0.159. The topological polar surface area (TPSA) is 46.6 Å². The highest BCUT2D eigenvalue weighted by atomic mass is 16.7. The van der Waals surface area contributed by atoms with Gasteiger partial charge in [0.1, 0.15) is 5.82 Å². The van der Waals surface area contributed by atoms with Crippen LogP contribution >= 0.6 is 0 Å². The summed E-state index contributed by atoms with van der Waals surface area (Å²) in [4.78, 5) is 6.73. The first-order valence-corrected chi connectivity index (χ1v) is 6.78. The average molecular weight is 265 g/mol. The average Bonchev–Trinajstić information content (AvgIpc) is 2.50. The first-order chi connectivity index (χ1) is 9.33. The summed E-state index contributed by atoms with van der Waals surface area (Å²) in [6.45, 7) is 2.82. The molecule has 1 fully saturated rings. The summed E-state index contributed by atoms with van der Waals surface area (Å²) in [6, 6.07) is 6.59. The molecule has 1 saturated heterocycles. The van der Waals surface area contributed by atoms with Crippen LogP contribution in [0.4, 0.5) is 5.82 Å². The second-order valence-electron chi connectivity index (χ2n) is 4.76. The van der Waals surface area contributed by atoms with E-state index < -0.39 is 0 Å². The van der Waals surface area contributed by atoms with Crippen LogP contribution in [0.25, 0.3) is 0 Å². The molecular weight excluding hydrogens is 242 g/mol. The van der Waals surface area contributed by atoms with E-state index in [0.717, 1.165) is 38.3 Å². The first-order valence-electron chi connectivity index (χ1n) is 6.78. The quantitative estimate of drug-likeness (QED) is 0.785. The summed E-state index contributed by atoms with van der Waals surface area (Å²) < 4.78 is 10.4. The SMILES string of the molecule is COC(CNC1CCN(c2ccccn2)CC1)OC. The van der Waals surface area contributed by atoms with E-state index in [-0.39, 0.29) is 6.29 Å². The number of pyridine rings is 1. The van der Waals surface area contributed by atoms with Crippen molar-refractivity contribution in [2.45, 2.75) is 25.2 Å². The Labute approximate surface area is 114 Å². The van der Waals surface area contributed by atoms with Crippen LogP contribution in [0, 0.1) is 0 Å². The number of rotatable bonds is 6. The Morgan fingerprint density at radius 1 is 1.32 bits per heavy atom. The molecule has 0 aliphatic carbocycles. The van der Waals surface area contributed by atoms with E-state index in [9.17, 15) is 0 Å². The minimum absolute atomic E-state index is 0.159. The number of aromatic nitrogens is 1. The van der Waals surface area contributed by atoms with Gasteiger partial charge in [-0.1, -0.05) is 6.07 Å². The zero-order valence-electron chi connectivity index (χ0n) is 11.7. The third-order valence-corrected chi connectivity index (χ3v) is 3.57. The monoisotopic (exact) mass is 265 g/mol. The Hall–Kier alpha value is -1.17. The van der Waals surface area contributed by atoms with Gasteiger partial charge in [-0.3, -0.25) is 0 Å². The lowest BCUT2D eigenvalue weighted by molar-refractivity contribution is -0.100. The molecule has 0 spiro atoms. The summed E-state index contributed by atoms with van der Waals surface area (Å²) in [5.74, 6) is 1.08. The summed E-state index contributed by atoms with van der Waals surface area (Å²) in [5.41, 5.74) is 0. The van der Waals surface area contributed by atoms with E-state index in [1.165, 1.54) is 0 Å². The van der Waals surface area contributed by atoms with Gasteiger partial charge in [-0.2, -0.15) is 0 Å². The number of methoxy groups -OCH3 is 2. The van der Waals surface area contributed by atoms with Gasteiger partial charge in [0.05, 0.1) is 0 Å². The Kier molecular flexibility index (Phi) is 5.57. The fraction of sp³-hybridized carbons (Fsp3) is 0.643. The van der Waals surface area contributed by atoms with Crippen molar-refractivity contribution in [1.29, 1.82) is 0 Å². The Morgan fingerprint density at radius 2 is 2.05 bits per heavy atom. The molecule has 0 unspecified atom stereocenters. The number of hydrogen-bond donors (Lipinski definition) is 1. The molecule has 1 aliphatic heterocycles. The van der Waals surface area contributed by atoms with Crippen LogP contribution < -0.4 is 10.2 Å². The zero-order valence-corrected chi connectivity index (χ0v) is 11.7. The molecule has 1 aromatic rings. The van der Waals surface area contributed by atoms with Crippen molar-refractivity contribution >= 4 is 5.82 Å². The molecule has 1 aliphatic rings. The van der Waals surface area contributed by atoms with Crippen LogP contribution in [0.15, 0.2) is 24.4 Å². The number of ether oxygens (including phenoxy) is 2. The molecule has 0 atom stereocenters. The lowest BCUT2D eigenvalue weighted by atomic mass is 10.1. The standard InChI is InChI=1S/C14H23N3O2/c1-18-14(19-2)11-16-12-6-9-17(10-7-12)13-5-3-4-8-15-13/h3-5,8,12,14,16H,6-7,9-11H2,1-2H3. The van der Waals surface area contributed by atoms with E-state index in [2.05, 4.69) is 21.3 Å². The lowest BCUT2D eigenvalue weighted by Crippen LogP contribution is -2.45. The second kappa shape index (κ2) is 7.43. The van der Waals surface area contributed by atoms with Gasteiger partial charge in [-0.25, -0.2) is 4.98 Å². The van der Waals surface area contributed by atoms with Crippen molar-refractivity contribution in [2.75, 3.05) is 38.8 Å². The van der Waals surface area contributed by atoms with Crippen molar-refractivity contribution in [1.82, 2.24) is 10.3 Å². The predicted octanol–water partition coefficient (Wildman–Crippen LogP) is 1.26. The number of nitrogens with zero attached hydrogens (tertiary/aromatic N) is 2. The van der Waals surface area contributed by atoms with Gasteiger partial charge < -0.3 is 19.7 Å². The number of nitrogens with one attached hydrogen (secondary N) is 1. The molecule has 0 amide bonds. The normalized spacial score (nSPS) is 17.1. The summed E-state index contributed by atoms with van der Waals surface area (Å²) in [5, 5.41) is 3.50. The second-order valence-corrected chi connectivity index (χ2v) is 4.76. The molecule has 19 heavy (non-hydrogen) atoms. The van der Waals surface area contributed by atoms with Gasteiger partial charge in [-0.05, 0) is 25.0 Å². The number of hydrogen-bond acceptors (Lipinski definition) is 5. The van der Waals surface area contributed by atoms with Crippen molar-refractivity contribution in [3.63, 3.8) is 0 Å². The van der Waals surface area contributed by atoms with Crippen molar-refractivity contribution in [3.05, 3.63) is 24.4 Å². The van der Waals surface area contributed by atoms with E-state index >= 15 is 0 Å². The van der Waals surface area contributed by atoms with Crippen LogP contribution in [0.1, 0.15) is 12.8 Å². The van der Waals surface area contributed by atoms with Crippen LogP contribution in [0.3, 0.4) is 0 Å². The predicted molar refractivity (Wildman–Crippen MR) is 75.3 cm³/mol. The fourth-order valence-corrected chi connectivity index (χ4v) is 2.38. The molecule has 1 aromatic heterocycles. The third kappa shape index (κ3) is 4.16. The third-order valence-electron chi connectivity index (χ3n) is 3.57. The molecule has 0 saturated carbocycles. The van der Waals surface area contributed by atoms with E-state index in [4.69, 9.17) is 9.47 Å². The van der Waals surface area contributed by atoms with E-state index in [1.54, 1.807) is 14.2 Å². The molecule has 1 N–H and O–H groups in total. The molecule has 0 radical (unpaired) electrons. The van der Waals surface area contributed by atoms with Gasteiger partial charge in [0.2, 0.25) is 0 Å². The largest absolute Gasteiger partial charge is 0.357 e. The van der Waals surface area contributed by atoms with Crippen LogP contribution in [-0.2, 0) is 9.47 Å². The molecule has 5 heteroatoms. The van der Waals surface area contributed by atoms with Crippen molar-refractivity contribution in [2.24, 2.45) is 0 Å². The molecular formula is C14H23N3O2. The van der Waals surface area contributed by atoms with E-state index in [0.29, 0.717) is 6.04 Å². The van der Waals surface area contributed by atoms with Crippen LogP contribution in [0.2, 0.25) is 0 Å². The molecule has 106 valence electrons. The fourth-order valence-electron chi connectivity index (χ4n) is 2.38. The molecule has 2 rings (SSSR count). The van der Waals surface area contributed by atoms with Crippen LogP contribution in [-0.4, -0.2) is 51.2 Å². The summed E-state index contributed by atoms with van der Waals surface area (Å²) in [6.07, 6.45) is 3.93. The van der Waals surface area contributed by atoms with Crippen LogP contribution in [0.5, 0.6) is 0 Å². The lowest BCUT2D eigenvalue weighted by Gasteiger charge is -2.33. The maximum atomic E-state index is 5.18. The Balaban J connectivity index is 1.74. The van der Waals surface area contributed by atoms with Gasteiger partial charge in [0.25, 0.3) is 0 Å². The Morgan fingerprint density at radius 3 is 2.63 bits per heavy atom.